The number of esters is 1. The van der Waals surface area contributed by atoms with E-state index >= 15 is 0 Å². The molecule has 0 aliphatic carbocycles. The Bertz CT molecular complexity index is 432. The number of ether oxygens (including phenoxy) is 1. The van der Waals surface area contributed by atoms with Crippen molar-refractivity contribution in [1.82, 2.24) is 15.1 Å². The summed E-state index contributed by atoms with van der Waals surface area (Å²) in [5.74, 6) is -0.441. The summed E-state index contributed by atoms with van der Waals surface area (Å²) < 4.78 is 4.54. The van der Waals surface area contributed by atoms with E-state index in [0.717, 1.165) is 6.42 Å². The van der Waals surface area contributed by atoms with E-state index in [1.54, 1.807) is 9.80 Å². The Hall–Kier alpha value is -1.79. The molecule has 1 aliphatic rings. The highest BCUT2D eigenvalue weighted by Crippen LogP contribution is 2.11. The van der Waals surface area contributed by atoms with Crippen LogP contribution in [0.15, 0.2) is 0 Å². The number of rotatable bonds is 4. The number of methoxy groups -OCH3 is 1. The normalized spacial score (nSPS) is 15.8. The summed E-state index contributed by atoms with van der Waals surface area (Å²) >= 11 is 0. The molecule has 0 aromatic rings. The SMILES string of the molecule is COC(=O)CCC(=O)N1CCCN(C(=O)NCC(C)(C)C)CC1. The molecule has 1 aliphatic heterocycles. The third-order valence-electron chi connectivity index (χ3n) is 3.68. The molecule has 0 atom stereocenters. The minimum atomic E-state index is -0.378. The molecular formula is C16H29N3O4. The van der Waals surface area contributed by atoms with Crippen molar-refractivity contribution in [1.29, 1.82) is 0 Å². The lowest BCUT2D eigenvalue weighted by Gasteiger charge is -2.25. The Morgan fingerprint density at radius 3 is 2.22 bits per heavy atom. The predicted molar refractivity (Wildman–Crippen MR) is 86.9 cm³/mol. The standard InChI is InChI=1S/C16H29N3O4/c1-16(2,3)12-17-15(22)19-9-5-8-18(10-11-19)13(20)6-7-14(21)23-4/h5-12H2,1-4H3,(H,17,22). The van der Waals surface area contributed by atoms with Gasteiger partial charge in [0.1, 0.15) is 0 Å². The first-order valence-electron chi connectivity index (χ1n) is 8.10. The quantitative estimate of drug-likeness (QED) is 0.788. The van der Waals surface area contributed by atoms with E-state index in [-0.39, 0.29) is 36.2 Å². The fraction of sp³-hybridized carbons (Fsp3) is 0.812. The van der Waals surface area contributed by atoms with Gasteiger partial charge in [0.25, 0.3) is 0 Å². The van der Waals surface area contributed by atoms with Crippen molar-refractivity contribution in [3.05, 3.63) is 0 Å². The number of nitrogens with zero attached hydrogens (tertiary/aromatic N) is 2. The summed E-state index contributed by atoms with van der Waals surface area (Å²) in [5, 5.41) is 2.93. The molecule has 0 aromatic carbocycles. The molecule has 0 unspecified atom stereocenters. The zero-order chi connectivity index (χ0) is 17.5. The predicted octanol–water partition coefficient (Wildman–Crippen LogP) is 1.23. The minimum Gasteiger partial charge on any atom is -0.469 e. The van der Waals surface area contributed by atoms with Gasteiger partial charge in [-0.2, -0.15) is 0 Å². The molecule has 1 heterocycles. The highest BCUT2D eigenvalue weighted by Gasteiger charge is 2.23. The van der Waals surface area contributed by atoms with Crippen LogP contribution < -0.4 is 5.32 Å². The Labute approximate surface area is 138 Å². The molecule has 0 radical (unpaired) electrons. The first-order valence-corrected chi connectivity index (χ1v) is 8.10. The average Bonchev–Trinajstić information content (AvgIpc) is 2.75. The van der Waals surface area contributed by atoms with Crippen LogP contribution in [0.25, 0.3) is 0 Å². The largest absolute Gasteiger partial charge is 0.469 e. The van der Waals surface area contributed by atoms with E-state index in [1.807, 2.05) is 0 Å². The Balaban J connectivity index is 2.42. The van der Waals surface area contributed by atoms with Gasteiger partial charge in [0, 0.05) is 39.1 Å². The molecule has 0 aromatic heterocycles. The van der Waals surface area contributed by atoms with Crippen molar-refractivity contribution in [2.75, 3.05) is 39.8 Å². The van der Waals surface area contributed by atoms with Crippen molar-refractivity contribution in [2.24, 2.45) is 5.41 Å². The minimum absolute atomic E-state index is 0.0391. The second-order valence-corrected chi connectivity index (χ2v) is 7.02. The fourth-order valence-electron chi connectivity index (χ4n) is 2.29. The lowest BCUT2D eigenvalue weighted by molar-refractivity contribution is -0.143. The van der Waals surface area contributed by atoms with Gasteiger partial charge >= 0.3 is 12.0 Å². The molecule has 23 heavy (non-hydrogen) atoms. The van der Waals surface area contributed by atoms with Crippen molar-refractivity contribution < 1.29 is 19.1 Å². The van der Waals surface area contributed by atoms with Gasteiger partial charge in [-0.1, -0.05) is 20.8 Å². The van der Waals surface area contributed by atoms with Gasteiger partial charge in [0.15, 0.2) is 0 Å². The van der Waals surface area contributed by atoms with Crippen LogP contribution in [0.3, 0.4) is 0 Å². The molecule has 1 saturated heterocycles. The fourth-order valence-corrected chi connectivity index (χ4v) is 2.29. The first kappa shape index (κ1) is 19.3. The first-order chi connectivity index (χ1) is 10.7. The van der Waals surface area contributed by atoms with Crippen LogP contribution in [0.5, 0.6) is 0 Å². The summed E-state index contributed by atoms with van der Waals surface area (Å²) in [7, 11) is 1.31. The van der Waals surface area contributed by atoms with E-state index in [0.29, 0.717) is 32.7 Å². The second kappa shape index (κ2) is 8.74. The van der Waals surface area contributed by atoms with Crippen molar-refractivity contribution in [2.45, 2.75) is 40.0 Å². The van der Waals surface area contributed by atoms with Gasteiger partial charge in [0.2, 0.25) is 5.91 Å². The maximum Gasteiger partial charge on any atom is 0.317 e. The van der Waals surface area contributed by atoms with Crippen LogP contribution in [-0.4, -0.2) is 67.5 Å². The summed E-state index contributed by atoms with van der Waals surface area (Å²) in [6.07, 6.45) is 0.997. The van der Waals surface area contributed by atoms with Crippen LogP contribution in [0.1, 0.15) is 40.0 Å². The molecule has 0 spiro atoms. The molecule has 1 N–H and O–H groups in total. The summed E-state index contributed by atoms with van der Waals surface area (Å²) in [6.45, 7) is 9.08. The summed E-state index contributed by atoms with van der Waals surface area (Å²) in [4.78, 5) is 38.9. The molecule has 0 saturated carbocycles. The van der Waals surface area contributed by atoms with Gasteiger partial charge in [-0.25, -0.2) is 4.79 Å². The maximum atomic E-state index is 12.2. The molecule has 0 bridgehead atoms. The van der Waals surface area contributed by atoms with Crippen molar-refractivity contribution >= 4 is 17.9 Å². The average molecular weight is 327 g/mol. The molecule has 1 fully saturated rings. The smallest absolute Gasteiger partial charge is 0.317 e. The number of carbonyl (C=O) groups excluding carboxylic acids is 3. The number of carbonyl (C=O) groups is 3. The Kier molecular flexibility index (Phi) is 7.32. The topological polar surface area (TPSA) is 79.0 Å². The number of hydrogen-bond acceptors (Lipinski definition) is 4. The van der Waals surface area contributed by atoms with Crippen LogP contribution in [0.2, 0.25) is 0 Å². The van der Waals surface area contributed by atoms with Crippen molar-refractivity contribution in [3.8, 4) is 0 Å². The number of nitrogens with one attached hydrogen (secondary N) is 1. The summed E-state index contributed by atoms with van der Waals surface area (Å²) in [6, 6.07) is -0.0798. The van der Waals surface area contributed by atoms with Gasteiger partial charge in [-0.15, -0.1) is 0 Å². The number of hydrogen-bond donors (Lipinski definition) is 1. The van der Waals surface area contributed by atoms with E-state index in [9.17, 15) is 14.4 Å². The monoisotopic (exact) mass is 327 g/mol. The van der Waals surface area contributed by atoms with Crippen LogP contribution >= 0.6 is 0 Å². The van der Waals surface area contributed by atoms with Crippen molar-refractivity contribution in [3.63, 3.8) is 0 Å². The highest BCUT2D eigenvalue weighted by molar-refractivity contribution is 5.81. The summed E-state index contributed by atoms with van der Waals surface area (Å²) in [5.41, 5.74) is 0.0391. The molecule has 132 valence electrons. The van der Waals surface area contributed by atoms with Gasteiger partial charge in [-0.3, -0.25) is 9.59 Å². The molecule has 3 amide bonds. The molecule has 1 rings (SSSR count). The van der Waals surface area contributed by atoms with E-state index in [1.165, 1.54) is 7.11 Å². The molecule has 7 nitrogen and oxygen atoms in total. The van der Waals surface area contributed by atoms with E-state index in [2.05, 4.69) is 30.8 Å². The van der Waals surface area contributed by atoms with E-state index < -0.39 is 0 Å². The lowest BCUT2D eigenvalue weighted by atomic mass is 9.97. The zero-order valence-corrected chi connectivity index (χ0v) is 14.7. The van der Waals surface area contributed by atoms with Crippen LogP contribution in [-0.2, 0) is 14.3 Å². The number of urea groups is 1. The third-order valence-corrected chi connectivity index (χ3v) is 3.68. The Morgan fingerprint density at radius 2 is 1.61 bits per heavy atom. The highest BCUT2D eigenvalue weighted by atomic mass is 16.5. The molecular weight excluding hydrogens is 298 g/mol. The van der Waals surface area contributed by atoms with Crippen LogP contribution in [0.4, 0.5) is 4.79 Å². The maximum absolute atomic E-state index is 12.2. The van der Waals surface area contributed by atoms with Gasteiger partial charge < -0.3 is 19.9 Å². The van der Waals surface area contributed by atoms with Gasteiger partial charge in [-0.05, 0) is 11.8 Å². The zero-order valence-electron chi connectivity index (χ0n) is 14.7. The van der Waals surface area contributed by atoms with Crippen LogP contribution in [0, 0.1) is 5.41 Å². The molecule has 7 heteroatoms. The van der Waals surface area contributed by atoms with E-state index in [4.69, 9.17) is 0 Å². The third kappa shape index (κ3) is 7.34. The van der Waals surface area contributed by atoms with Gasteiger partial charge in [0.05, 0.1) is 13.5 Å². The second-order valence-electron chi connectivity index (χ2n) is 7.02. The Morgan fingerprint density at radius 1 is 1.00 bits per heavy atom. The lowest BCUT2D eigenvalue weighted by Crippen LogP contribution is -2.44. The number of amides is 3.